The maximum absolute atomic E-state index is 4.18. The number of pyridine rings is 1. The van der Waals surface area contributed by atoms with Crippen molar-refractivity contribution in [3.05, 3.63) is 127 Å². The third-order valence-corrected chi connectivity index (χ3v) is 6.03. The fourth-order valence-corrected chi connectivity index (χ4v) is 3.22. The zero-order chi connectivity index (χ0) is 33.5. The van der Waals surface area contributed by atoms with Crippen LogP contribution in [-0.4, -0.2) is 45.1 Å². The average Bonchev–Trinajstić information content (AvgIpc) is 3.08. The van der Waals surface area contributed by atoms with E-state index in [4.69, 9.17) is 0 Å². The van der Waals surface area contributed by atoms with Crippen LogP contribution in [0.3, 0.4) is 0 Å². The van der Waals surface area contributed by atoms with E-state index in [0.29, 0.717) is 29.6 Å². The summed E-state index contributed by atoms with van der Waals surface area (Å²) in [5, 5.41) is 7.43. The Kier molecular flexibility index (Phi) is 19.6. The lowest BCUT2D eigenvalue weighted by atomic mass is 10.1. The molecule has 5 aromatic heterocycles. The van der Waals surface area contributed by atoms with E-state index in [2.05, 4.69) is 114 Å². The van der Waals surface area contributed by atoms with Crippen molar-refractivity contribution in [2.75, 3.05) is 0 Å². The van der Waals surface area contributed by atoms with E-state index in [-0.39, 0.29) is 0 Å². The summed E-state index contributed by atoms with van der Waals surface area (Å²) in [6, 6.07) is 11.7. The van der Waals surface area contributed by atoms with Gasteiger partial charge in [0.25, 0.3) is 0 Å². The minimum absolute atomic E-state index is 0.436. The lowest BCUT2D eigenvalue weighted by Gasteiger charge is -2.00. The van der Waals surface area contributed by atoms with E-state index in [9.17, 15) is 0 Å². The Morgan fingerprint density at radius 3 is 1.36 bits per heavy atom. The van der Waals surface area contributed by atoms with Crippen LogP contribution in [0.1, 0.15) is 127 Å². The first-order chi connectivity index (χ1) is 21.5. The summed E-state index contributed by atoms with van der Waals surface area (Å²) in [5.41, 5.74) is 4.56. The normalized spacial score (nSPS) is 10.1. The Hall–Kier alpha value is -4.53. The van der Waals surface area contributed by atoms with Crippen molar-refractivity contribution < 1.29 is 0 Å². The minimum Gasteiger partial charge on any atom is -0.261 e. The van der Waals surface area contributed by atoms with E-state index >= 15 is 0 Å². The van der Waals surface area contributed by atoms with Gasteiger partial charge in [0, 0.05) is 66.9 Å². The van der Waals surface area contributed by atoms with Crippen LogP contribution in [0, 0.1) is 0 Å². The second kappa shape index (κ2) is 22.9. The van der Waals surface area contributed by atoms with Gasteiger partial charge < -0.3 is 0 Å². The number of hydrogen-bond acceptors (Lipinski definition) is 9. The van der Waals surface area contributed by atoms with Crippen LogP contribution in [-0.2, 0) is 0 Å². The van der Waals surface area contributed by atoms with Crippen LogP contribution in [0.2, 0.25) is 0 Å². The highest BCUT2D eigenvalue weighted by atomic mass is 15.1. The smallest absolute Gasteiger partial charge is 0.130 e. The van der Waals surface area contributed by atoms with Crippen molar-refractivity contribution in [2.45, 2.75) is 98.8 Å². The van der Waals surface area contributed by atoms with Crippen LogP contribution in [0.5, 0.6) is 0 Å². The molecule has 0 aliphatic rings. The van der Waals surface area contributed by atoms with Crippen molar-refractivity contribution in [1.82, 2.24) is 45.1 Å². The third-order valence-electron chi connectivity index (χ3n) is 6.03. The molecule has 9 heteroatoms. The van der Waals surface area contributed by atoms with Gasteiger partial charge in [0.1, 0.15) is 12.2 Å². The molecule has 45 heavy (non-hydrogen) atoms. The molecule has 0 atom stereocenters. The van der Waals surface area contributed by atoms with Gasteiger partial charge in [-0.15, -0.1) is 0 Å². The van der Waals surface area contributed by atoms with Gasteiger partial charge in [-0.2, -0.15) is 10.2 Å². The molecule has 0 unspecified atom stereocenters. The summed E-state index contributed by atoms with van der Waals surface area (Å²) >= 11 is 0. The van der Waals surface area contributed by atoms with Gasteiger partial charge in [-0.05, 0) is 59.6 Å². The van der Waals surface area contributed by atoms with Crippen molar-refractivity contribution in [3.8, 4) is 0 Å². The molecule has 0 radical (unpaired) electrons. The van der Waals surface area contributed by atoms with Crippen molar-refractivity contribution >= 4 is 0 Å². The molecule has 0 saturated heterocycles. The maximum Gasteiger partial charge on any atom is 0.130 e. The van der Waals surface area contributed by atoms with Crippen LogP contribution in [0.25, 0.3) is 0 Å². The largest absolute Gasteiger partial charge is 0.261 e. The van der Waals surface area contributed by atoms with Gasteiger partial charge in [0.15, 0.2) is 0 Å². The molecule has 0 spiro atoms. The van der Waals surface area contributed by atoms with Crippen LogP contribution < -0.4 is 0 Å². The molecular weight excluding hydrogens is 558 g/mol. The average molecular weight is 610 g/mol. The summed E-state index contributed by atoms with van der Waals surface area (Å²) in [6.07, 6.45) is 17.4. The van der Waals surface area contributed by atoms with Crippen molar-refractivity contribution in [3.63, 3.8) is 0 Å². The van der Waals surface area contributed by atoms with E-state index in [0.717, 1.165) is 22.9 Å². The van der Waals surface area contributed by atoms with Gasteiger partial charge in [0.05, 0.1) is 11.9 Å². The summed E-state index contributed by atoms with van der Waals surface area (Å²) in [7, 11) is 0. The molecule has 0 aromatic carbocycles. The molecule has 5 heterocycles. The number of rotatable bonds is 5. The van der Waals surface area contributed by atoms with Gasteiger partial charge in [0.2, 0.25) is 0 Å². The van der Waals surface area contributed by atoms with Crippen molar-refractivity contribution in [2.24, 2.45) is 0 Å². The lowest BCUT2D eigenvalue weighted by molar-refractivity contribution is 0.774. The molecule has 0 N–H and O–H groups in total. The Labute approximate surface area is 270 Å². The predicted octanol–water partition coefficient (Wildman–Crippen LogP) is 8.61. The molecule has 0 fully saturated rings. The molecule has 0 aliphatic heterocycles. The number of aromatic nitrogens is 9. The van der Waals surface area contributed by atoms with Gasteiger partial charge in [-0.3, -0.25) is 15.0 Å². The number of nitrogens with zero attached hydrogens (tertiary/aromatic N) is 9. The highest BCUT2D eigenvalue weighted by Gasteiger charge is 1.99. The topological polar surface area (TPSA) is 116 Å². The molecule has 0 amide bonds. The standard InChI is InChI=1S/C8H11N.4C7H10N2/c1-7(2)8-5-3-4-6-9-8;1-6(2)7-5-8-3-4-9-7;1-6(2)7-3-4-8-5-9-7;1-6(2)7-3-4-8-9-5-7;1-6(2)7-8-4-3-5-9-7/h3-7H,1-2H3;4*3-6H,1-2H3. The van der Waals surface area contributed by atoms with Crippen molar-refractivity contribution in [1.29, 1.82) is 0 Å². The molecule has 0 aliphatic carbocycles. The van der Waals surface area contributed by atoms with Gasteiger partial charge >= 0.3 is 0 Å². The molecule has 5 rings (SSSR count). The molecule has 0 saturated carbocycles. The monoisotopic (exact) mass is 609 g/mol. The van der Waals surface area contributed by atoms with Crippen LogP contribution in [0.4, 0.5) is 0 Å². The zero-order valence-electron chi connectivity index (χ0n) is 28.6. The maximum atomic E-state index is 4.18. The number of hydrogen-bond donors (Lipinski definition) is 0. The Balaban J connectivity index is 0.000000281. The first-order valence-electron chi connectivity index (χ1n) is 15.5. The molecule has 9 nitrogen and oxygen atoms in total. The van der Waals surface area contributed by atoms with Crippen LogP contribution in [0.15, 0.2) is 98.5 Å². The van der Waals surface area contributed by atoms with E-state index in [1.165, 1.54) is 5.56 Å². The minimum atomic E-state index is 0.436. The zero-order valence-corrected chi connectivity index (χ0v) is 28.6. The highest BCUT2D eigenvalue weighted by molar-refractivity contribution is 5.09. The second-order valence-electron chi connectivity index (χ2n) is 11.6. The predicted molar refractivity (Wildman–Crippen MR) is 183 cm³/mol. The fourth-order valence-electron chi connectivity index (χ4n) is 3.22. The highest BCUT2D eigenvalue weighted by Crippen LogP contribution is 2.10. The summed E-state index contributed by atoms with van der Waals surface area (Å²) < 4.78 is 0. The summed E-state index contributed by atoms with van der Waals surface area (Å²) in [4.78, 5) is 28.3. The fraction of sp³-hybridized carbons (Fsp3) is 0.417. The molecule has 0 bridgehead atoms. The van der Waals surface area contributed by atoms with Crippen LogP contribution >= 0.6 is 0 Å². The summed E-state index contributed by atoms with van der Waals surface area (Å²) in [6.45, 7) is 21.1. The van der Waals surface area contributed by atoms with Gasteiger partial charge in [-0.25, -0.2) is 19.9 Å². The van der Waals surface area contributed by atoms with E-state index in [1.807, 2.05) is 42.6 Å². The molecule has 240 valence electrons. The Bertz CT molecular complexity index is 1100. The van der Waals surface area contributed by atoms with Gasteiger partial charge in [-0.1, -0.05) is 75.3 Å². The third kappa shape index (κ3) is 18.0. The Morgan fingerprint density at radius 2 is 1.02 bits per heavy atom. The quantitative estimate of drug-likeness (QED) is 0.193. The summed E-state index contributed by atoms with van der Waals surface area (Å²) in [5.74, 6) is 3.45. The van der Waals surface area contributed by atoms with E-state index < -0.39 is 0 Å². The second-order valence-corrected chi connectivity index (χ2v) is 11.6. The van der Waals surface area contributed by atoms with E-state index in [1.54, 1.807) is 55.9 Å². The lowest BCUT2D eigenvalue weighted by Crippen LogP contribution is -1.93. The first kappa shape index (κ1) is 38.5. The molecule has 5 aromatic rings. The molecular formula is C36H51N9. The SMILES string of the molecule is CC(C)c1ccccn1.CC(C)c1ccncn1.CC(C)c1ccnnc1.CC(C)c1cnccn1.CC(C)c1ncccn1. The first-order valence-corrected chi connectivity index (χ1v) is 15.5. The Morgan fingerprint density at radius 1 is 0.400 bits per heavy atom.